The molecule has 0 saturated carbocycles. The van der Waals surface area contributed by atoms with E-state index in [1.807, 2.05) is 0 Å². The molecule has 0 spiro atoms. The molecule has 3 aromatic rings. The Kier molecular flexibility index (Phi) is 5.95. The van der Waals surface area contributed by atoms with Gasteiger partial charge in [-0.1, -0.05) is 0 Å². The first-order chi connectivity index (χ1) is 14.6. The van der Waals surface area contributed by atoms with Crippen LogP contribution in [0.25, 0.3) is 10.8 Å². The molecule has 3 rings (SSSR count). The molecular formula is C20H15F3N2O6. The Morgan fingerprint density at radius 3 is 2.58 bits per heavy atom. The number of nitrogens with one attached hydrogen (secondary N) is 1. The summed E-state index contributed by atoms with van der Waals surface area (Å²) in [6, 6.07) is 6.02. The normalized spacial score (nSPS) is 11.4. The van der Waals surface area contributed by atoms with Gasteiger partial charge in [-0.15, -0.1) is 0 Å². The van der Waals surface area contributed by atoms with Crippen molar-refractivity contribution in [1.82, 2.24) is 4.57 Å². The Balaban J connectivity index is 1.92. The first-order valence-corrected chi connectivity index (χ1v) is 8.91. The third-order valence-electron chi connectivity index (χ3n) is 4.18. The van der Waals surface area contributed by atoms with E-state index in [0.29, 0.717) is 0 Å². The standard InChI is InChI=1S/C20H15F3N2O6/c1-2-30-16(26)10-25-7-3-4-14(18(25)28)24-17(27)15-9-11-8-12(20(21,22)23)5-6-13(11)19(29)31-15/h3-9H,2,10H2,1H3,(H,24,27). The van der Waals surface area contributed by atoms with E-state index in [0.717, 1.165) is 28.8 Å². The van der Waals surface area contributed by atoms with Crippen molar-refractivity contribution >= 4 is 28.3 Å². The van der Waals surface area contributed by atoms with Crippen LogP contribution < -0.4 is 16.5 Å². The fourth-order valence-electron chi connectivity index (χ4n) is 2.77. The Morgan fingerprint density at radius 2 is 1.90 bits per heavy atom. The molecule has 1 amide bonds. The van der Waals surface area contributed by atoms with Gasteiger partial charge in [0.15, 0.2) is 5.76 Å². The second kappa shape index (κ2) is 8.46. The zero-order chi connectivity index (χ0) is 22.8. The molecule has 0 radical (unpaired) electrons. The van der Waals surface area contributed by atoms with Crippen molar-refractivity contribution in [2.45, 2.75) is 19.6 Å². The van der Waals surface area contributed by atoms with E-state index in [1.54, 1.807) is 6.92 Å². The molecule has 2 aromatic heterocycles. The minimum atomic E-state index is -4.64. The molecule has 0 saturated heterocycles. The number of hydrogen-bond acceptors (Lipinski definition) is 6. The number of rotatable bonds is 5. The minimum absolute atomic E-state index is 0.126. The number of pyridine rings is 1. The van der Waals surface area contributed by atoms with Gasteiger partial charge in [-0.25, -0.2) is 4.79 Å². The summed E-state index contributed by atoms with van der Waals surface area (Å²) in [5, 5.41) is 1.94. The third-order valence-corrected chi connectivity index (χ3v) is 4.18. The quantitative estimate of drug-likeness (QED) is 0.617. The number of alkyl halides is 3. The summed E-state index contributed by atoms with van der Waals surface area (Å²) in [5.41, 5.74) is -2.97. The zero-order valence-electron chi connectivity index (χ0n) is 16.0. The lowest BCUT2D eigenvalue weighted by molar-refractivity contribution is -0.144. The first kappa shape index (κ1) is 21.8. The van der Waals surface area contributed by atoms with Gasteiger partial charge in [0.05, 0.1) is 17.6 Å². The lowest BCUT2D eigenvalue weighted by atomic mass is 10.1. The Morgan fingerprint density at radius 1 is 1.16 bits per heavy atom. The summed E-state index contributed by atoms with van der Waals surface area (Å²) in [7, 11) is 0. The molecule has 8 nitrogen and oxygen atoms in total. The molecule has 0 unspecified atom stereocenters. The van der Waals surface area contributed by atoms with Crippen LogP contribution in [-0.2, 0) is 22.3 Å². The molecule has 0 fully saturated rings. The summed E-state index contributed by atoms with van der Waals surface area (Å²) in [4.78, 5) is 48.6. The summed E-state index contributed by atoms with van der Waals surface area (Å²) < 4.78 is 49.4. The number of amides is 1. The molecule has 31 heavy (non-hydrogen) atoms. The van der Waals surface area contributed by atoms with Gasteiger partial charge in [-0.05, 0) is 48.7 Å². The second-order valence-electron chi connectivity index (χ2n) is 6.31. The highest BCUT2D eigenvalue weighted by atomic mass is 19.4. The Labute approximate surface area is 171 Å². The van der Waals surface area contributed by atoms with Crippen LogP contribution >= 0.6 is 0 Å². The monoisotopic (exact) mass is 436 g/mol. The van der Waals surface area contributed by atoms with E-state index in [9.17, 15) is 32.3 Å². The zero-order valence-corrected chi connectivity index (χ0v) is 16.0. The van der Waals surface area contributed by atoms with Crippen LogP contribution in [0, 0.1) is 0 Å². The van der Waals surface area contributed by atoms with E-state index >= 15 is 0 Å². The number of hydrogen-bond donors (Lipinski definition) is 1. The molecule has 11 heteroatoms. The maximum absolute atomic E-state index is 12.9. The molecule has 0 aliphatic heterocycles. The van der Waals surface area contributed by atoms with Crippen molar-refractivity contribution in [1.29, 1.82) is 0 Å². The number of ether oxygens (including phenoxy) is 1. The van der Waals surface area contributed by atoms with E-state index < -0.39 is 40.6 Å². The molecule has 2 heterocycles. The smallest absolute Gasteiger partial charge is 0.416 e. The van der Waals surface area contributed by atoms with Crippen molar-refractivity contribution < 1.29 is 31.9 Å². The number of halogens is 3. The van der Waals surface area contributed by atoms with Gasteiger partial charge >= 0.3 is 17.8 Å². The van der Waals surface area contributed by atoms with Crippen LogP contribution in [0.4, 0.5) is 18.9 Å². The maximum Gasteiger partial charge on any atom is 0.416 e. The van der Waals surface area contributed by atoms with Gasteiger partial charge in [-0.3, -0.25) is 14.4 Å². The predicted molar refractivity (Wildman–Crippen MR) is 103 cm³/mol. The average Bonchev–Trinajstić information content (AvgIpc) is 2.70. The Bertz CT molecular complexity index is 1280. The first-order valence-electron chi connectivity index (χ1n) is 8.91. The van der Waals surface area contributed by atoms with Gasteiger partial charge in [0, 0.05) is 6.20 Å². The van der Waals surface area contributed by atoms with Crippen LogP contribution in [0.15, 0.2) is 56.6 Å². The Hall–Kier alpha value is -3.89. The fraction of sp³-hybridized carbons (Fsp3) is 0.200. The van der Waals surface area contributed by atoms with Crippen LogP contribution in [-0.4, -0.2) is 23.1 Å². The van der Waals surface area contributed by atoms with Gasteiger partial charge in [0.25, 0.3) is 11.5 Å². The molecule has 0 aliphatic rings. The van der Waals surface area contributed by atoms with Gasteiger partial charge < -0.3 is 19.0 Å². The van der Waals surface area contributed by atoms with Crippen LogP contribution in [0.5, 0.6) is 0 Å². The van der Waals surface area contributed by atoms with Crippen molar-refractivity contribution in [2.75, 3.05) is 11.9 Å². The van der Waals surface area contributed by atoms with Crippen molar-refractivity contribution in [2.24, 2.45) is 0 Å². The van der Waals surface area contributed by atoms with E-state index in [-0.39, 0.29) is 29.6 Å². The maximum atomic E-state index is 12.9. The van der Waals surface area contributed by atoms with Gasteiger partial charge in [0.1, 0.15) is 12.2 Å². The lowest BCUT2D eigenvalue weighted by Gasteiger charge is -2.09. The summed E-state index contributed by atoms with van der Waals surface area (Å²) in [5.74, 6) is -2.27. The highest BCUT2D eigenvalue weighted by molar-refractivity contribution is 6.03. The van der Waals surface area contributed by atoms with Crippen molar-refractivity contribution in [3.8, 4) is 0 Å². The highest BCUT2D eigenvalue weighted by Gasteiger charge is 2.30. The second-order valence-corrected chi connectivity index (χ2v) is 6.31. The van der Waals surface area contributed by atoms with E-state index in [1.165, 1.54) is 18.3 Å². The molecule has 0 bridgehead atoms. The van der Waals surface area contributed by atoms with Crippen LogP contribution in [0.2, 0.25) is 0 Å². The fourth-order valence-corrected chi connectivity index (χ4v) is 2.77. The van der Waals surface area contributed by atoms with Crippen LogP contribution in [0.1, 0.15) is 23.0 Å². The lowest BCUT2D eigenvalue weighted by Crippen LogP contribution is -2.28. The predicted octanol–water partition coefficient (Wildman–Crippen LogP) is 2.79. The molecular weight excluding hydrogens is 421 g/mol. The molecule has 0 aliphatic carbocycles. The number of carbonyl (C=O) groups excluding carboxylic acids is 2. The minimum Gasteiger partial charge on any atom is -0.465 e. The largest absolute Gasteiger partial charge is 0.465 e. The van der Waals surface area contributed by atoms with E-state index in [4.69, 9.17) is 9.15 Å². The van der Waals surface area contributed by atoms with Crippen LogP contribution in [0.3, 0.4) is 0 Å². The number of aromatic nitrogens is 1. The number of esters is 1. The highest BCUT2D eigenvalue weighted by Crippen LogP contribution is 2.31. The van der Waals surface area contributed by atoms with Crippen molar-refractivity contribution in [3.63, 3.8) is 0 Å². The van der Waals surface area contributed by atoms with Gasteiger partial charge in [-0.2, -0.15) is 13.2 Å². The molecule has 1 aromatic carbocycles. The number of carbonyl (C=O) groups is 2. The number of nitrogens with zero attached hydrogens (tertiary/aromatic N) is 1. The van der Waals surface area contributed by atoms with Crippen molar-refractivity contribution in [3.05, 3.63) is 74.7 Å². The third kappa shape index (κ3) is 4.82. The summed E-state index contributed by atoms with van der Waals surface area (Å²) >= 11 is 0. The number of anilines is 1. The SMILES string of the molecule is CCOC(=O)Cn1cccc(NC(=O)c2cc3cc(C(F)(F)F)ccc3c(=O)o2)c1=O. The molecule has 162 valence electrons. The van der Waals surface area contributed by atoms with E-state index in [2.05, 4.69) is 5.32 Å². The summed E-state index contributed by atoms with van der Waals surface area (Å²) in [6.45, 7) is 1.34. The summed E-state index contributed by atoms with van der Waals surface area (Å²) in [6.07, 6.45) is -3.33. The number of benzene rings is 1. The van der Waals surface area contributed by atoms with Gasteiger partial charge in [0.2, 0.25) is 0 Å². The topological polar surface area (TPSA) is 108 Å². The number of fused-ring (bicyclic) bond motifs is 1. The molecule has 1 N–H and O–H groups in total. The average molecular weight is 436 g/mol. The molecule has 0 atom stereocenters.